The van der Waals surface area contributed by atoms with Crippen LogP contribution in [0.15, 0.2) is 22.8 Å². The molecule has 1 N–H and O–H groups in total. The third kappa shape index (κ3) is 2.82. The molecular formula is C12H16F2O2. The first-order valence-electron chi connectivity index (χ1n) is 5.65. The molecule has 1 unspecified atom stereocenters. The Labute approximate surface area is 93.3 Å². The molecule has 0 spiro atoms. The first-order chi connectivity index (χ1) is 7.57. The molecule has 0 bridgehead atoms. The summed E-state index contributed by atoms with van der Waals surface area (Å²) in [5, 5.41) is 9.91. The van der Waals surface area contributed by atoms with Crippen molar-refractivity contribution in [3.8, 4) is 0 Å². The van der Waals surface area contributed by atoms with Crippen molar-refractivity contribution in [2.75, 3.05) is 0 Å². The Balaban J connectivity index is 1.85. The fraction of sp³-hybridized carbons (Fsp3) is 0.667. The minimum Gasteiger partial charge on any atom is -0.469 e. The van der Waals surface area contributed by atoms with Gasteiger partial charge in [0.1, 0.15) is 5.76 Å². The van der Waals surface area contributed by atoms with Crippen molar-refractivity contribution in [2.45, 2.75) is 44.1 Å². The lowest BCUT2D eigenvalue weighted by Gasteiger charge is -2.30. The maximum absolute atomic E-state index is 12.9. The monoisotopic (exact) mass is 230 g/mol. The summed E-state index contributed by atoms with van der Waals surface area (Å²) >= 11 is 0. The number of aliphatic hydroxyl groups is 1. The number of halogens is 2. The van der Waals surface area contributed by atoms with Crippen LogP contribution in [0.5, 0.6) is 0 Å². The number of hydrogen-bond donors (Lipinski definition) is 1. The van der Waals surface area contributed by atoms with Crippen LogP contribution in [0.3, 0.4) is 0 Å². The van der Waals surface area contributed by atoms with Gasteiger partial charge in [0.05, 0.1) is 12.4 Å². The van der Waals surface area contributed by atoms with Gasteiger partial charge in [-0.1, -0.05) is 0 Å². The van der Waals surface area contributed by atoms with E-state index < -0.39 is 12.0 Å². The summed E-state index contributed by atoms with van der Waals surface area (Å²) in [6, 6.07) is 3.55. The van der Waals surface area contributed by atoms with Crippen LogP contribution in [-0.2, 0) is 6.42 Å². The highest BCUT2D eigenvalue weighted by Gasteiger charge is 2.37. The minimum absolute atomic E-state index is 0.0234. The van der Waals surface area contributed by atoms with Gasteiger partial charge in [-0.3, -0.25) is 0 Å². The molecule has 1 aliphatic rings. The molecule has 4 heteroatoms. The summed E-state index contributed by atoms with van der Waals surface area (Å²) in [4.78, 5) is 0. The molecule has 1 heterocycles. The summed E-state index contributed by atoms with van der Waals surface area (Å²) in [7, 11) is 0. The predicted molar refractivity (Wildman–Crippen MR) is 55.3 cm³/mol. The smallest absolute Gasteiger partial charge is 0.248 e. The second-order valence-corrected chi connectivity index (χ2v) is 4.54. The Morgan fingerprint density at radius 2 is 2.12 bits per heavy atom. The van der Waals surface area contributed by atoms with Crippen molar-refractivity contribution in [1.82, 2.24) is 0 Å². The lowest BCUT2D eigenvalue weighted by molar-refractivity contribution is -0.0623. The third-order valence-corrected chi connectivity index (χ3v) is 3.30. The first kappa shape index (κ1) is 11.6. The van der Waals surface area contributed by atoms with E-state index in [1.165, 1.54) is 0 Å². The van der Waals surface area contributed by atoms with E-state index in [0.29, 0.717) is 25.0 Å². The number of rotatable bonds is 3. The molecule has 0 saturated heterocycles. The molecule has 1 aromatic heterocycles. The fourth-order valence-corrected chi connectivity index (χ4v) is 2.25. The molecule has 1 aliphatic carbocycles. The minimum atomic E-state index is -2.53. The van der Waals surface area contributed by atoms with Gasteiger partial charge in [0.25, 0.3) is 0 Å². The maximum atomic E-state index is 12.9. The zero-order valence-electron chi connectivity index (χ0n) is 9.03. The molecule has 1 atom stereocenters. The van der Waals surface area contributed by atoms with Crippen LogP contribution in [0, 0.1) is 5.92 Å². The zero-order valence-corrected chi connectivity index (χ0v) is 9.03. The van der Waals surface area contributed by atoms with Crippen LogP contribution >= 0.6 is 0 Å². The number of aliphatic hydroxyl groups excluding tert-OH is 1. The van der Waals surface area contributed by atoms with Gasteiger partial charge in [0.15, 0.2) is 0 Å². The molecule has 2 nitrogen and oxygen atoms in total. The van der Waals surface area contributed by atoms with E-state index in [0.717, 1.165) is 0 Å². The van der Waals surface area contributed by atoms with Crippen molar-refractivity contribution < 1.29 is 18.3 Å². The Hall–Kier alpha value is -0.900. The molecule has 0 aliphatic heterocycles. The van der Waals surface area contributed by atoms with Crippen molar-refractivity contribution in [3.05, 3.63) is 24.2 Å². The predicted octanol–water partition coefficient (Wildman–Crippen LogP) is 3.01. The summed E-state index contributed by atoms with van der Waals surface area (Å²) < 4.78 is 31.0. The van der Waals surface area contributed by atoms with Gasteiger partial charge in [-0.25, -0.2) is 8.78 Å². The Morgan fingerprint density at radius 1 is 1.44 bits per heavy atom. The molecule has 90 valence electrons. The molecule has 0 radical (unpaired) electrons. The van der Waals surface area contributed by atoms with E-state index in [2.05, 4.69) is 0 Å². The highest BCUT2D eigenvalue weighted by atomic mass is 19.3. The van der Waals surface area contributed by atoms with E-state index in [9.17, 15) is 13.9 Å². The van der Waals surface area contributed by atoms with Crippen molar-refractivity contribution >= 4 is 0 Å². The second kappa shape index (κ2) is 4.53. The van der Waals surface area contributed by atoms with Crippen LogP contribution < -0.4 is 0 Å². The largest absolute Gasteiger partial charge is 0.469 e. The average Bonchev–Trinajstić information content (AvgIpc) is 2.70. The Kier molecular flexibility index (Phi) is 3.28. The quantitative estimate of drug-likeness (QED) is 0.865. The summed E-state index contributed by atoms with van der Waals surface area (Å²) in [6.07, 6.45) is 1.99. The lowest BCUT2D eigenvalue weighted by Crippen LogP contribution is -2.32. The topological polar surface area (TPSA) is 33.4 Å². The van der Waals surface area contributed by atoms with Crippen molar-refractivity contribution in [3.63, 3.8) is 0 Å². The van der Waals surface area contributed by atoms with Crippen molar-refractivity contribution in [1.29, 1.82) is 0 Å². The average molecular weight is 230 g/mol. The summed E-state index contributed by atoms with van der Waals surface area (Å²) in [6.45, 7) is 0. The Morgan fingerprint density at radius 3 is 2.69 bits per heavy atom. The highest BCUT2D eigenvalue weighted by Crippen LogP contribution is 2.37. The molecule has 0 amide bonds. The van der Waals surface area contributed by atoms with Crippen LogP contribution in [0.1, 0.15) is 31.4 Å². The van der Waals surface area contributed by atoms with E-state index in [-0.39, 0.29) is 18.8 Å². The molecule has 1 fully saturated rings. The molecule has 0 aromatic carbocycles. The van der Waals surface area contributed by atoms with E-state index in [1.807, 2.05) is 0 Å². The highest BCUT2D eigenvalue weighted by molar-refractivity contribution is 5.00. The first-order valence-corrected chi connectivity index (χ1v) is 5.65. The standard InChI is InChI=1S/C12H16F2O2/c13-12(14)5-3-9(4-6-12)11(15)8-10-2-1-7-16-10/h1-2,7,9,11,15H,3-6,8H2. The number of hydrogen-bond acceptors (Lipinski definition) is 2. The fourth-order valence-electron chi connectivity index (χ4n) is 2.25. The molecule has 2 rings (SSSR count). The molecule has 1 saturated carbocycles. The van der Waals surface area contributed by atoms with E-state index >= 15 is 0 Å². The second-order valence-electron chi connectivity index (χ2n) is 4.54. The van der Waals surface area contributed by atoms with Crippen LogP contribution in [0.4, 0.5) is 8.78 Å². The third-order valence-electron chi connectivity index (χ3n) is 3.30. The van der Waals surface area contributed by atoms with Gasteiger partial charge in [-0.2, -0.15) is 0 Å². The molecule has 1 aromatic rings. The van der Waals surface area contributed by atoms with Gasteiger partial charge in [0.2, 0.25) is 5.92 Å². The van der Waals surface area contributed by atoms with Crippen LogP contribution in [0.25, 0.3) is 0 Å². The maximum Gasteiger partial charge on any atom is 0.248 e. The van der Waals surface area contributed by atoms with Gasteiger partial charge in [-0.05, 0) is 30.9 Å². The normalized spacial score (nSPS) is 23.2. The SMILES string of the molecule is OC(Cc1ccco1)C1CCC(F)(F)CC1. The number of alkyl halides is 2. The summed E-state index contributed by atoms with van der Waals surface area (Å²) in [5.74, 6) is -1.84. The molecular weight excluding hydrogens is 214 g/mol. The van der Waals surface area contributed by atoms with Crippen LogP contribution in [-0.4, -0.2) is 17.1 Å². The van der Waals surface area contributed by atoms with Gasteiger partial charge in [0, 0.05) is 19.3 Å². The lowest BCUT2D eigenvalue weighted by atomic mass is 9.82. The van der Waals surface area contributed by atoms with Gasteiger partial charge < -0.3 is 9.52 Å². The zero-order chi connectivity index (χ0) is 11.6. The van der Waals surface area contributed by atoms with Gasteiger partial charge in [-0.15, -0.1) is 0 Å². The molecule has 16 heavy (non-hydrogen) atoms. The number of furan rings is 1. The van der Waals surface area contributed by atoms with Crippen molar-refractivity contribution in [2.24, 2.45) is 5.92 Å². The Bertz CT molecular complexity index is 312. The van der Waals surface area contributed by atoms with Crippen LogP contribution in [0.2, 0.25) is 0 Å². The van der Waals surface area contributed by atoms with E-state index in [1.54, 1.807) is 18.4 Å². The van der Waals surface area contributed by atoms with Gasteiger partial charge >= 0.3 is 0 Å². The summed E-state index contributed by atoms with van der Waals surface area (Å²) in [5.41, 5.74) is 0. The van der Waals surface area contributed by atoms with E-state index in [4.69, 9.17) is 4.42 Å².